The van der Waals surface area contributed by atoms with Crippen LogP contribution in [0.3, 0.4) is 0 Å². The number of piperazine rings is 1. The van der Waals surface area contributed by atoms with Crippen molar-refractivity contribution < 1.29 is 14.0 Å². The first-order chi connectivity index (χ1) is 9.49. The quantitative estimate of drug-likeness (QED) is 0.909. The highest BCUT2D eigenvalue weighted by Gasteiger charge is 2.46. The SMILES string of the molecule is CC1C(=O)NC(C2CC2)C(=O)N1c1ccc(Cl)cc1F. The second-order valence-corrected chi connectivity index (χ2v) is 5.74. The Hall–Kier alpha value is -1.62. The molecule has 1 N–H and O–H groups in total. The molecule has 1 aliphatic carbocycles. The van der Waals surface area contributed by atoms with Crippen molar-refractivity contribution in [1.82, 2.24) is 5.32 Å². The monoisotopic (exact) mass is 296 g/mol. The molecule has 1 aromatic rings. The third-order valence-corrected chi connectivity index (χ3v) is 4.07. The van der Waals surface area contributed by atoms with Crippen LogP contribution in [-0.2, 0) is 9.59 Å². The number of nitrogens with zero attached hydrogens (tertiary/aromatic N) is 1. The standard InChI is InChI=1S/C14H14ClFN2O2/c1-7-13(19)17-12(8-2-3-8)14(20)18(7)11-5-4-9(15)6-10(11)16/h4-8,12H,2-3H2,1H3,(H,17,19). The number of amides is 2. The first-order valence-corrected chi connectivity index (χ1v) is 6.95. The second-order valence-electron chi connectivity index (χ2n) is 5.30. The van der Waals surface area contributed by atoms with Crippen molar-refractivity contribution in [2.75, 3.05) is 4.90 Å². The van der Waals surface area contributed by atoms with Crippen molar-refractivity contribution in [2.24, 2.45) is 5.92 Å². The Morgan fingerprint density at radius 1 is 1.35 bits per heavy atom. The van der Waals surface area contributed by atoms with Crippen molar-refractivity contribution in [3.63, 3.8) is 0 Å². The Kier molecular flexibility index (Phi) is 3.17. The summed E-state index contributed by atoms with van der Waals surface area (Å²) in [5.74, 6) is -0.921. The van der Waals surface area contributed by atoms with Crippen LogP contribution in [-0.4, -0.2) is 23.9 Å². The molecule has 2 aliphatic rings. The molecule has 2 unspecified atom stereocenters. The van der Waals surface area contributed by atoms with Gasteiger partial charge in [0.05, 0.1) is 5.69 Å². The third-order valence-electron chi connectivity index (χ3n) is 3.83. The Balaban J connectivity index is 1.99. The van der Waals surface area contributed by atoms with Crippen LogP contribution in [0.25, 0.3) is 0 Å². The average molecular weight is 297 g/mol. The maximum atomic E-state index is 14.0. The molecule has 1 aromatic carbocycles. The highest BCUT2D eigenvalue weighted by molar-refractivity contribution is 6.30. The van der Waals surface area contributed by atoms with Crippen LogP contribution >= 0.6 is 11.6 Å². The molecule has 0 bridgehead atoms. The van der Waals surface area contributed by atoms with E-state index >= 15 is 0 Å². The van der Waals surface area contributed by atoms with E-state index < -0.39 is 17.9 Å². The van der Waals surface area contributed by atoms with Crippen LogP contribution in [0.5, 0.6) is 0 Å². The summed E-state index contributed by atoms with van der Waals surface area (Å²) in [5, 5.41) is 2.99. The molecule has 20 heavy (non-hydrogen) atoms. The highest BCUT2D eigenvalue weighted by Crippen LogP contribution is 2.36. The summed E-state index contributed by atoms with van der Waals surface area (Å²) in [6, 6.07) is 2.84. The number of hydrogen-bond donors (Lipinski definition) is 1. The van der Waals surface area contributed by atoms with Gasteiger partial charge in [-0.25, -0.2) is 4.39 Å². The lowest BCUT2D eigenvalue weighted by atomic mass is 10.0. The fraction of sp³-hybridized carbons (Fsp3) is 0.429. The number of hydrogen-bond acceptors (Lipinski definition) is 2. The molecule has 0 spiro atoms. The molecule has 1 heterocycles. The van der Waals surface area contributed by atoms with Crippen molar-refractivity contribution in [1.29, 1.82) is 0 Å². The summed E-state index contributed by atoms with van der Waals surface area (Å²) in [6.07, 6.45) is 1.84. The van der Waals surface area contributed by atoms with Gasteiger partial charge in [-0.15, -0.1) is 0 Å². The molecular weight excluding hydrogens is 283 g/mol. The zero-order valence-electron chi connectivity index (χ0n) is 10.9. The molecule has 2 atom stereocenters. The molecule has 0 radical (unpaired) electrons. The minimum absolute atomic E-state index is 0.104. The van der Waals surface area contributed by atoms with Crippen LogP contribution < -0.4 is 10.2 Å². The van der Waals surface area contributed by atoms with Gasteiger partial charge >= 0.3 is 0 Å². The smallest absolute Gasteiger partial charge is 0.250 e. The zero-order chi connectivity index (χ0) is 14.4. The first-order valence-electron chi connectivity index (χ1n) is 6.57. The molecule has 6 heteroatoms. The van der Waals surface area contributed by atoms with Crippen LogP contribution in [0.2, 0.25) is 5.02 Å². The molecule has 2 fully saturated rings. The van der Waals surface area contributed by atoms with E-state index in [4.69, 9.17) is 11.6 Å². The summed E-state index contributed by atoms with van der Waals surface area (Å²) in [5.41, 5.74) is 0.104. The topological polar surface area (TPSA) is 49.4 Å². The normalized spacial score (nSPS) is 26.6. The van der Waals surface area contributed by atoms with Gasteiger partial charge in [0.25, 0.3) is 5.91 Å². The van der Waals surface area contributed by atoms with E-state index in [-0.39, 0.29) is 28.4 Å². The van der Waals surface area contributed by atoms with Gasteiger partial charge in [-0.3, -0.25) is 14.5 Å². The number of rotatable bonds is 2. The fourth-order valence-electron chi connectivity index (χ4n) is 2.55. The molecule has 1 aliphatic heterocycles. The largest absolute Gasteiger partial charge is 0.342 e. The van der Waals surface area contributed by atoms with Gasteiger partial charge in [-0.05, 0) is 43.9 Å². The lowest BCUT2D eigenvalue weighted by Gasteiger charge is -2.37. The van der Waals surface area contributed by atoms with E-state index in [0.29, 0.717) is 0 Å². The number of carbonyl (C=O) groups excluding carboxylic acids is 2. The Morgan fingerprint density at radius 3 is 2.65 bits per heavy atom. The molecule has 0 aromatic heterocycles. The van der Waals surface area contributed by atoms with Crippen molar-refractivity contribution in [3.8, 4) is 0 Å². The maximum absolute atomic E-state index is 14.0. The van der Waals surface area contributed by atoms with E-state index in [1.807, 2.05) is 0 Å². The van der Waals surface area contributed by atoms with Gasteiger partial charge < -0.3 is 5.32 Å². The predicted octanol–water partition coefficient (Wildman–Crippen LogP) is 2.11. The van der Waals surface area contributed by atoms with Crippen molar-refractivity contribution in [2.45, 2.75) is 31.8 Å². The number of anilines is 1. The summed E-state index contributed by atoms with van der Waals surface area (Å²) in [7, 11) is 0. The van der Waals surface area contributed by atoms with Gasteiger partial charge in [0, 0.05) is 5.02 Å². The lowest BCUT2D eigenvalue weighted by molar-refractivity contribution is -0.134. The Labute approximate surface area is 120 Å². The summed E-state index contributed by atoms with van der Waals surface area (Å²) < 4.78 is 14.0. The zero-order valence-corrected chi connectivity index (χ0v) is 11.7. The van der Waals surface area contributed by atoms with E-state index in [2.05, 4.69) is 5.32 Å². The van der Waals surface area contributed by atoms with Crippen molar-refractivity contribution in [3.05, 3.63) is 29.0 Å². The van der Waals surface area contributed by atoms with Crippen molar-refractivity contribution >= 4 is 29.1 Å². The minimum Gasteiger partial charge on any atom is -0.342 e. The fourth-order valence-corrected chi connectivity index (χ4v) is 2.71. The van der Waals surface area contributed by atoms with Gasteiger partial charge in [0.1, 0.15) is 17.9 Å². The summed E-state index contributed by atoms with van der Waals surface area (Å²) in [4.78, 5) is 25.7. The summed E-state index contributed by atoms with van der Waals surface area (Å²) in [6.45, 7) is 1.59. The number of carbonyl (C=O) groups is 2. The van der Waals surface area contributed by atoms with Gasteiger partial charge in [-0.2, -0.15) is 0 Å². The molecule has 4 nitrogen and oxygen atoms in total. The number of halogens is 2. The molecular formula is C14H14ClFN2O2. The van der Waals surface area contributed by atoms with Crippen LogP contribution in [0.4, 0.5) is 10.1 Å². The van der Waals surface area contributed by atoms with Crippen LogP contribution in [0.1, 0.15) is 19.8 Å². The first kappa shape index (κ1) is 13.4. The predicted molar refractivity (Wildman–Crippen MR) is 73.0 cm³/mol. The third kappa shape index (κ3) is 2.16. The van der Waals surface area contributed by atoms with Crippen LogP contribution in [0, 0.1) is 11.7 Å². The molecule has 106 valence electrons. The van der Waals surface area contributed by atoms with Gasteiger partial charge in [0.15, 0.2) is 0 Å². The second kappa shape index (κ2) is 4.74. The van der Waals surface area contributed by atoms with E-state index in [1.165, 1.54) is 17.0 Å². The van der Waals surface area contributed by atoms with E-state index in [9.17, 15) is 14.0 Å². The Bertz CT molecular complexity index is 589. The van der Waals surface area contributed by atoms with Gasteiger partial charge in [-0.1, -0.05) is 11.6 Å². The number of benzene rings is 1. The van der Waals surface area contributed by atoms with E-state index in [1.54, 1.807) is 6.92 Å². The molecule has 2 amide bonds. The average Bonchev–Trinajstić information content (AvgIpc) is 3.21. The maximum Gasteiger partial charge on any atom is 0.250 e. The molecule has 3 rings (SSSR count). The highest BCUT2D eigenvalue weighted by atomic mass is 35.5. The van der Waals surface area contributed by atoms with Crippen LogP contribution in [0.15, 0.2) is 18.2 Å². The Morgan fingerprint density at radius 2 is 2.05 bits per heavy atom. The molecule has 1 saturated carbocycles. The number of nitrogens with one attached hydrogen (secondary N) is 1. The van der Waals surface area contributed by atoms with E-state index in [0.717, 1.165) is 18.9 Å². The van der Waals surface area contributed by atoms with Gasteiger partial charge in [0.2, 0.25) is 5.91 Å². The summed E-state index contributed by atoms with van der Waals surface area (Å²) >= 11 is 5.72. The minimum atomic E-state index is -0.729. The molecule has 1 saturated heterocycles. The lowest BCUT2D eigenvalue weighted by Crippen LogP contribution is -2.63.